The summed E-state index contributed by atoms with van der Waals surface area (Å²) < 4.78 is 28.1. The van der Waals surface area contributed by atoms with Crippen LogP contribution in [-0.4, -0.2) is 42.7 Å². The summed E-state index contributed by atoms with van der Waals surface area (Å²) in [5, 5.41) is -0.0431. The van der Waals surface area contributed by atoms with Gasteiger partial charge in [-0.15, -0.1) is 11.8 Å². The van der Waals surface area contributed by atoms with Crippen LogP contribution in [0.3, 0.4) is 0 Å². The Labute approximate surface area is 156 Å². The topological polar surface area (TPSA) is 77.5 Å². The van der Waals surface area contributed by atoms with E-state index < -0.39 is 15.8 Å². The summed E-state index contributed by atoms with van der Waals surface area (Å²) in [5.74, 6) is 0.255. The van der Waals surface area contributed by atoms with Crippen LogP contribution in [-0.2, 0) is 14.6 Å². The molecule has 2 aromatic carbocycles. The number of hydrogen-bond donors (Lipinski definition) is 0. The van der Waals surface area contributed by atoms with E-state index in [1.165, 1.54) is 11.8 Å². The van der Waals surface area contributed by atoms with E-state index in [2.05, 4.69) is 0 Å². The summed E-state index contributed by atoms with van der Waals surface area (Å²) in [4.78, 5) is 24.2. The molecule has 0 bridgehead atoms. The molecule has 0 radical (unpaired) electrons. The fraction of sp³-hybridized carbons (Fsp3) is 0.263. The molecule has 26 heavy (non-hydrogen) atoms. The molecule has 1 heterocycles. The standard InChI is InChI=1S/C19H18O5S2/c20-18(12-25-17-10-11-26(22,23)13-17)24-16-8-6-15(7-9-16)19(21)14-4-2-1-3-5-14/h1-9,17H,10-13H2/t17-/m0/s1. The van der Waals surface area contributed by atoms with Crippen molar-refractivity contribution >= 4 is 33.4 Å². The highest BCUT2D eigenvalue weighted by Crippen LogP contribution is 2.24. The maximum atomic E-state index is 12.3. The third-order valence-corrected chi connectivity index (χ3v) is 7.27. The van der Waals surface area contributed by atoms with Crippen LogP contribution >= 0.6 is 11.8 Å². The van der Waals surface area contributed by atoms with Crippen molar-refractivity contribution in [2.45, 2.75) is 11.7 Å². The van der Waals surface area contributed by atoms with Crippen molar-refractivity contribution in [1.29, 1.82) is 0 Å². The monoisotopic (exact) mass is 390 g/mol. The Balaban J connectivity index is 1.52. The van der Waals surface area contributed by atoms with Gasteiger partial charge in [-0.25, -0.2) is 8.42 Å². The van der Waals surface area contributed by atoms with Crippen LogP contribution in [0.15, 0.2) is 54.6 Å². The van der Waals surface area contributed by atoms with Crippen LogP contribution in [0.2, 0.25) is 0 Å². The molecule has 0 saturated carbocycles. The zero-order chi connectivity index (χ0) is 18.6. The fourth-order valence-corrected chi connectivity index (χ4v) is 6.08. The Hall–Kier alpha value is -2.12. The molecule has 5 nitrogen and oxygen atoms in total. The summed E-state index contributed by atoms with van der Waals surface area (Å²) in [7, 11) is -2.94. The lowest BCUT2D eigenvalue weighted by Crippen LogP contribution is -2.15. The molecular weight excluding hydrogens is 372 g/mol. The predicted molar refractivity (Wildman–Crippen MR) is 101 cm³/mol. The first-order chi connectivity index (χ1) is 12.4. The number of sulfone groups is 1. The number of ketones is 1. The molecule has 1 aliphatic heterocycles. The minimum Gasteiger partial charge on any atom is -0.426 e. The lowest BCUT2D eigenvalue weighted by molar-refractivity contribution is -0.131. The average Bonchev–Trinajstić information content (AvgIpc) is 3.00. The Bertz CT molecular complexity index is 889. The van der Waals surface area contributed by atoms with Crippen LogP contribution in [0.4, 0.5) is 0 Å². The van der Waals surface area contributed by atoms with Gasteiger partial charge in [0.2, 0.25) is 0 Å². The first kappa shape index (κ1) is 18.7. The lowest BCUT2D eigenvalue weighted by Gasteiger charge is -2.08. The van der Waals surface area contributed by atoms with Gasteiger partial charge in [-0.05, 0) is 30.7 Å². The SMILES string of the molecule is O=C(CS[C@H]1CCS(=O)(=O)C1)Oc1ccc(C(=O)c2ccccc2)cc1. The molecule has 0 aliphatic carbocycles. The number of ether oxygens (including phenoxy) is 1. The van der Waals surface area contributed by atoms with Crippen LogP contribution in [0, 0.1) is 0 Å². The highest BCUT2D eigenvalue weighted by Gasteiger charge is 2.28. The van der Waals surface area contributed by atoms with E-state index in [1.54, 1.807) is 48.5 Å². The Morgan fingerprint density at radius 3 is 2.27 bits per heavy atom. The normalized spacial score (nSPS) is 18.4. The first-order valence-corrected chi connectivity index (χ1v) is 11.0. The molecule has 0 aromatic heterocycles. The van der Waals surface area contributed by atoms with Crippen LogP contribution < -0.4 is 4.74 Å². The molecule has 0 N–H and O–H groups in total. The second-order valence-electron chi connectivity index (χ2n) is 6.03. The van der Waals surface area contributed by atoms with E-state index in [9.17, 15) is 18.0 Å². The molecule has 7 heteroatoms. The molecule has 1 fully saturated rings. The van der Waals surface area contributed by atoms with Gasteiger partial charge in [0, 0.05) is 16.4 Å². The molecule has 1 aliphatic rings. The quantitative estimate of drug-likeness (QED) is 0.429. The van der Waals surface area contributed by atoms with E-state index >= 15 is 0 Å². The third-order valence-electron chi connectivity index (χ3n) is 4.01. The van der Waals surface area contributed by atoms with Crippen molar-refractivity contribution in [1.82, 2.24) is 0 Å². The Kier molecular flexibility index (Phi) is 5.78. The maximum Gasteiger partial charge on any atom is 0.321 e. The predicted octanol–water partition coefficient (Wildman–Crippen LogP) is 2.74. The van der Waals surface area contributed by atoms with Crippen molar-refractivity contribution in [2.24, 2.45) is 0 Å². The van der Waals surface area contributed by atoms with E-state index in [1.807, 2.05) is 6.07 Å². The minimum absolute atomic E-state index is 0.0431. The second-order valence-corrected chi connectivity index (χ2v) is 9.55. The molecule has 136 valence electrons. The summed E-state index contributed by atoms with van der Waals surface area (Å²) in [6.07, 6.45) is 0.580. The zero-order valence-electron chi connectivity index (χ0n) is 14.0. The van der Waals surface area contributed by atoms with Crippen molar-refractivity contribution in [3.05, 3.63) is 65.7 Å². The van der Waals surface area contributed by atoms with Gasteiger partial charge >= 0.3 is 5.97 Å². The smallest absolute Gasteiger partial charge is 0.321 e. The largest absolute Gasteiger partial charge is 0.426 e. The molecule has 0 unspecified atom stereocenters. The van der Waals surface area contributed by atoms with Gasteiger partial charge in [-0.3, -0.25) is 9.59 Å². The summed E-state index contributed by atoms with van der Waals surface area (Å²) in [6, 6.07) is 15.3. The van der Waals surface area contributed by atoms with Crippen molar-refractivity contribution in [3.8, 4) is 5.75 Å². The number of carbonyl (C=O) groups is 2. The number of carbonyl (C=O) groups excluding carboxylic acids is 2. The van der Waals surface area contributed by atoms with Crippen molar-refractivity contribution < 1.29 is 22.7 Å². The molecular formula is C19H18O5S2. The second kappa shape index (κ2) is 8.05. The van der Waals surface area contributed by atoms with Gasteiger partial charge in [0.25, 0.3) is 0 Å². The van der Waals surface area contributed by atoms with Gasteiger partial charge in [0.15, 0.2) is 15.6 Å². The highest BCUT2D eigenvalue weighted by molar-refractivity contribution is 8.02. The minimum atomic E-state index is -2.94. The highest BCUT2D eigenvalue weighted by atomic mass is 32.2. The molecule has 2 aromatic rings. The van der Waals surface area contributed by atoms with Crippen LogP contribution in [0.25, 0.3) is 0 Å². The molecule has 1 saturated heterocycles. The summed E-state index contributed by atoms with van der Waals surface area (Å²) in [6.45, 7) is 0. The van der Waals surface area contributed by atoms with E-state index in [0.29, 0.717) is 23.3 Å². The Morgan fingerprint density at radius 2 is 1.65 bits per heavy atom. The van der Waals surface area contributed by atoms with Gasteiger partial charge in [-0.1, -0.05) is 30.3 Å². The maximum absolute atomic E-state index is 12.3. The van der Waals surface area contributed by atoms with Crippen molar-refractivity contribution in [2.75, 3.05) is 17.3 Å². The summed E-state index contributed by atoms with van der Waals surface area (Å²) >= 11 is 1.31. The number of esters is 1. The van der Waals surface area contributed by atoms with E-state index in [4.69, 9.17) is 4.74 Å². The Morgan fingerprint density at radius 1 is 1.00 bits per heavy atom. The lowest BCUT2D eigenvalue weighted by atomic mass is 10.0. The first-order valence-electron chi connectivity index (χ1n) is 8.15. The third kappa shape index (κ3) is 4.95. The summed E-state index contributed by atoms with van der Waals surface area (Å²) in [5.41, 5.74) is 1.11. The van der Waals surface area contributed by atoms with Gasteiger partial charge in [0.1, 0.15) is 5.75 Å². The molecule has 3 rings (SSSR count). The fourth-order valence-electron chi connectivity index (χ4n) is 2.67. The average molecular weight is 390 g/mol. The van der Waals surface area contributed by atoms with Crippen molar-refractivity contribution in [3.63, 3.8) is 0 Å². The van der Waals surface area contributed by atoms with E-state index in [-0.39, 0.29) is 28.3 Å². The molecule has 0 spiro atoms. The molecule has 0 amide bonds. The van der Waals surface area contributed by atoms with Gasteiger partial charge in [-0.2, -0.15) is 0 Å². The number of rotatable bonds is 6. The van der Waals surface area contributed by atoms with Crippen LogP contribution in [0.1, 0.15) is 22.3 Å². The van der Waals surface area contributed by atoms with Crippen LogP contribution in [0.5, 0.6) is 5.75 Å². The van der Waals surface area contributed by atoms with Gasteiger partial charge < -0.3 is 4.74 Å². The van der Waals surface area contributed by atoms with Gasteiger partial charge in [0.05, 0.1) is 17.3 Å². The number of benzene rings is 2. The zero-order valence-corrected chi connectivity index (χ0v) is 15.6. The molecule has 1 atom stereocenters. The van der Waals surface area contributed by atoms with E-state index in [0.717, 1.165) is 0 Å². The number of hydrogen-bond acceptors (Lipinski definition) is 6. The number of thioether (sulfide) groups is 1.